The zero-order valence-electron chi connectivity index (χ0n) is 11.9. The van der Waals surface area contributed by atoms with Crippen molar-refractivity contribution in [2.24, 2.45) is 0 Å². The topological polar surface area (TPSA) is 93.1 Å². The molecule has 3 rings (SSSR count). The second-order valence-electron chi connectivity index (χ2n) is 5.44. The lowest BCUT2D eigenvalue weighted by molar-refractivity contribution is -0.139. The lowest BCUT2D eigenvalue weighted by Crippen LogP contribution is -2.55. The minimum atomic E-state index is -3.68. The normalized spacial score (nSPS) is 22.7. The Morgan fingerprint density at radius 1 is 1.32 bits per heavy atom. The van der Waals surface area contributed by atoms with E-state index in [1.165, 1.54) is 15.8 Å². The highest BCUT2D eigenvalue weighted by atomic mass is 32.2. The summed E-state index contributed by atoms with van der Waals surface area (Å²) in [4.78, 5) is 10.9. The predicted octanol–water partition coefficient (Wildman–Crippen LogP) is 1.02. The summed E-state index contributed by atoms with van der Waals surface area (Å²) in [5.41, 5.74) is -0.478. The number of thiophene rings is 1. The fraction of sp³-hybridized carbons (Fsp3) is 0.615. The van der Waals surface area contributed by atoms with Crippen molar-refractivity contribution in [2.45, 2.75) is 22.7 Å². The molecule has 1 aromatic heterocycles. The Kier molecular flexibility index (Phi) is 4.25. The van der Waals surface area contributed by atoms with E-state index in [9.17, 15) is 13.2 Å². The van der Waals surface area contributed by atoms with Crippen LogP contribution in [0.4, 0.5) is 0 Å². The Bertz CT molecular complexity index is 656. The number of hydrogen-bond donors (Lipinski definition) is 1. The van der Waals surface area contributed by atoms with Crippen LogP contribution in [0.15, 0.2) is 15.7 Å². The summed E-state index contributed by atoms with van der Waals surface area (Å²) in [6.07, 6.45) is 1.34. The largest absolute Gasteiger partial charge is 0.478 e. The summed E-state index contributed by atoms with van der Waals surface area (Å²) in [5.74, 6) is -1.12. The summed E-state index contributed by atoms with van der Waals surface area (Å²) in [6.45, 7) is 2.05. The number of carboxylic acid groups (broad SMARTS) is 1. The van der Waals surface area contributed by atoms with Gasteiger partial charge in [-0.3, -0.25) is 0 Å². The van der Waals surface area contributed by atoms with Gasteiger partial charge in [-0.25, -0.2) is 13.2 Å². The van der Waals surface area contributed by atoms with Crippen molar-refractivity contribution in [1.29, 1.82) is 0 Å². The van der Waals surface area contributed by atoms with Gasteiger partial charge < -0.3 is 14.6 Å². The molecule has 2 aliphatic rings. The number of aromatic carboxylic acids is 1. The van der Waals surface area contributed by atoms with Crippen LogP contribution in [-0.2, 0) is 19.5 Å². The molecule has 0 unspecified atom stereocenters. The summed E-state index contributed by atoms with van der Waals surface area (Å²) in [7, 11) is -3.68. The number of ether oxygens (including phenoxy) is 2. The van der Waals surface area contributed by atoms with Crippen LogP contribution >= 0.6 is 11.3 Å². The Hall–Kier alpha value is -1.00. The molecule has 2 fully saturated rings. The molecule has 1 spiro atoms. The first-order chi connectivity index (χ1) is 10.4. The number of morpholine rings is 1. The third kappa shape index (κ3) is 2.91. The van der Waals surface area contributed by atoms with Crippen LogP contribution in [0.1, 0.15) is 23.2 Å². The zero-order chi connectivity index (χ0) is 15.8. The SMILES string of the molecule is O=C(O)c1csc(S(=O)(=O)N2CCOC3(CCOCC3)C2)c1. The average molecular weight is 347 g/mol. The van der Waals surface area contributed by atoms with Crippen molar-refractivity contribution in [1.82, 2.24) is 4.31 Å². The molecule has 1 N–H and O–H groups in total. The first-order valence-corrected chi connectivity index (χ1v) is 9.29. The fourth-order valence-corrected chi connectivity index (χ4v) is 5.56. The molecule has 9 heteroatoms. The molecule has 2 aliphatic heterocycles. The summed E-state index contributed by atoms with van der Waals surface area (Å²) in [5, 5.41) is 10.3. The van der Waals surface area contributed by atoms with Gasteiger partial charge >= 0.3 is 5.97 Å². The van der Waals surface area contributed by atoms with Crippen molar-refractivity contribution < 1.29 is 27.8 Å². The molecular weight excluding hydrogens is 330 g/mol. The van der Waals surface area contributed by atoms with Crippen LogP contribution in [0.2, 0.25) is 0 Å². The van der Waals surface area contributed by atoms with E-state index in [1.807, 2.05) is 0 Å². The molecule has 1 aromatic rings. The zero-order valence-corrected chi connectivity index (χ0v) is 13.5. The number of rotatable bonds is 3. The van der Waals surface area contributed by atoms with Gasteiger partial charge in [0.2, 0.25) is 0 Å². The maximum Gasteiger partial charge on any atom is 0.336 e. The van der Waals surface area contributed by atoms with Gasteiger partial charge in [0.15, 0.2) is 0 Å². The Labute approximate surface area is 132 Å². The maximum absolute atomic E-state index is 12.7. The average Bonchev–Trinajstić information content (AvgIpc) is 2.99. The molecule has 7 nitrogen and oxygen atoms in total. The van der Waals surface area contributed by atoms with E-state index in [2.05, 4.69) is 0 Å². The first-order valence-electron chi connectivity index (χ1n) is 6.97. The number of carbonyl (C=O) groups is 1. The van der Waals surface area contributed by atoms with Gasteiger partial charge in [0.25, 0.3) is 10.0 Å². The Morgan fingerprint density at radius 3 is 2.68 bits per heavy atom. The number of hydrogen-bond acceptors (Lipinski definition) is 6. The molecule has 3 heterocycles. The second-order valence-corrected chi connectivity index (χ2v) is 8.52. The summed E-state index contributed by atoms with van der Waals surface area (Å²) < 4.78 is 38.0. The Balaban J connectivity index is 1.83. The van der Waals surface area contributed by atoms with E-state index in [0.29, 0.717) is 39.2 Å². The van der Waals surface area contributed by atoms with Crippen LogP contribution in [0.3, 0.4) is 0 Å². The van der Waals surface area contributed by atoms with Gasteiger partial charge in [0, 0.05) is 44.5 Å². The van der Waals surface area contributed by atoms with Crippen molar-refractivity contribution in [3.05, 3.63) is 17.0 Å². The van der Waals surface area contributed by atoms with Gasteiger partial charge in [-0.2, -0.15) is 4.31 Å². The van der Waals surface area contributed by atoms with Crippen LogP contribution in [-0.4, -0.2) is 62.3 Å². The molecule has 0 bridgehead atoms. The van der Waals surface area contributed by atoms with Gasteiger partial charge in [-0.1, -0.05) is 0 Å². The van der Waals surface area contributed by atoms with Crippen molar-refractivity contribution in [3.8, 4) is 0 Å². The van der Waals surface area contributed by atoms with Gasteiger partial charge in [0.05, 0.1) is 17.8 Å². The monoisotopic (exact) mass is 347 g/mol. The molecule has 0 atom stereocenters. The highest BCUT2D eigenvalue weighted by molar-refractivity contribution is 7.91. The highest BCUT2D eigenvalue weighted by Crippen LogP contribution is 2.33. The third-order valence-electron chi connectivity index (χ3n) is 4.03. The fourth-order valence-electron chi connectivity index (χ4n) is 2.75. The van der Waals surface area contributed by atoms with Crippen LogP contribution in [0, 0.1) is 0 Å². The van der Waals surface area contributed by atoms with E-state index in [4.69, 9.17) is 14.6 Å². The molecule has 0 aliphatic carbocycles. The van der Waals surface area contributed by atoms with Crippen molar-refractivity contribution in [2.75, 3.05) is 32.9 Å². The smallest absolute Gasteiger partial charge is 0.336 e. The number of nitrogens with zero attached hydrogens (tertiary/aromatic N) is 1. The highest BCUT2D eigenvalue weighted by Gasteiger charge is 2.42. The van der Waals surface area contributed by atoms with E-state index < -0.39 is 21.6 Å². The summed E-state index contributed by atoms with van der Waals surface area (Å²) >= 11 is 0.938. The lowest BCUT2D eigenvalue weighted by Gasteiger charge is -2.44. The molecule has 122 valence electrons. The molecule has 0 saturated carbocycles. The molecular formula is C13H17NO6S2. The second kappa shape index (κ2) is 5.89. The molecule has 2 saturated heterocycles. The molecule has 0 radical (unpaired) electrons. The van der Waals surface area contributed by atoms with Crippen molar-refractivity contribution in [3.63, 3.8) is 0 Å². The lowest BCUT2D eigenvalue weighted by atomic mass is 9.93. The molecule has 0 aromatic carbocycles. The quantitative estimate of drug-likeness (QED) is 0.877. The predicted molar refractivity (Wildman–Crippen MR) is 78.8 cm³/mol. The van der Waals surface area contributed by atoms with E-state index in [-0.39, 0.29) is 16.3 Å². The maximum atomic E-state index is 12.7. The molecule has 22 heavy (non-hydrogen) atoms. The van der Waals surface area contributed by atoms with Gasteiger partial charge in [-0.15, -0.1) is 11.3 Å². The summed E-state index contributed by atoms with van der Waals surface area (Å²) in [6, 6.07) is 1.22. The minimum Gasteiger partial charge on any atom is -0.478 e. The van der Waals surface area contributed by atoms with E-state index in [0.717, 1.165) is 11.3 Å². The third-order valence-corrected chi connectivity index (χ3v) is 7.29. The molecule has 0 amide bonds. The van der Waals surface area contributed by atoms with Gasteiger partial charge in [-0.05, 0) is 6.07 Å². The van der Waals surface area contributed by atoms with Crippen LogP contribution in [0.5, 0.6) is 0 Å². The van der Waals surface area contributed by atoms with Gasteiger partial charge in [0.1, 0.15) is 4.21 Å². The Morgan fingerprint density at radius 2 is 2.05 bits per heavy atom. The van der Waals surface area contributed by atoms with E-state index >= 15 is 0 Å². The standard InChI is InChI=1S/C13H17NO6S2/c15-12(16)10-7-11(21-8-10)22(17,18)14-3-6-20-13(9-14)1-4-19-5-2-13/h7-8H,1-6,9H2,(H,15,16). The first kappa shape index (κ1) is 15.9. The number of sulfonamides is 1. The van der Waals surface area contributed by atoms with E-state index in [1.54, 1.807) is 0 Å². The number of carboxylic acids is 1. The minimum absolute atomic E-state index is 0.00221. The van der Waals surface area contributed by atoms with Crippen LogP contribution < -0.4 is 0 Å². The van der Waals surface area contributed by atoms with Crippen molar-refractivity contribution >= 4 is 27.3 Å². The van der Waals surface area contributed by atoms with Crippen LogP contribution in [0.25, 0.3) is 0 Å².